The van der Waals surface area contributed by atoms with Gasteiger partial charge in [-0.05, 0) is 24.3 Å². The molecule has 0 saturated carbocycles. The van der Waals surface area contributed by atoms with Crippen LogP contribution in [0.3, 0.4) is 0 Å². The van der Waals surface area contributed by atoms with E-state index in [1.165, 1.54) is 6.20 Å². The molecular weight excluding hydrogens is 284 g/mol. The summed E-state index contributed by atoms with van der Waals surface area (Å²) in [5.74, 6) is 0.0127. The molecule has 2 aromatic rings. The van der Waals surface area contributed by atoms with E-state index in [9.17, 15) is 4.79 Å². The molecule has 2 N–H and O–H groups in total. The summed E-state index contributed by atoms with van der Waals surface area (Å²) < 4.78 is 0.897. The van der Waals surface area contributed by atoms with Gasteiger partial charge in [-0.25, -0.2) is 0 Å². The molecule has 1 aromatic carbocycles. The number of H-pyrrole nitrogens is 1. The van der Waals surface area contributed by atoms with E-state index in [0.29, 0.717) is 16.9 Å². The Hall–Kier alpha value is -2.13. The highest BCUT2D eigenvalue weighted by molar-refractivity contribution is 9.10. The molecule has 0 atom stereocenters. The van der Waals surface area contributed by atoms with Crippen molar-refractivity contribution in [3.05, 3.63) is 46.1 Å². The first-order valence-electron chi connectivity index (χ1n) is 4.71. The molecule has 0 spiro atoms. The van der Waals surface area contributed by atoms with E-state index < -0.39 is 0 Å². The molecule has 0 aliphatic carbocycles. The van der Waals surface area contributed by atoms with E-state index in [2.05, 4.69) is 31.4 Å². The second-order valence-corrected chi connectivity index (χ2v) is 4.15. The second-order valence-electron chi connectivity index (χ2n) is 3.23. The van der Waals surface area contributed by atoms with Crippen molar-refractivity contribution in [2.45, 2.75) is 0 Å². The van der Waals surface area contributed by atoms with Gasteiger partial charge >= 0.3 is 0 Å². The molecule has 2 rings (SSSR count). The Morgan fingerprint density at radius 2 is 2.12 bits per heavy atom. The SMILES string of the molecule is N#Cc1cn[nH]c1NC(=O)c1ccc(Br)cc1. The fourth-order valence-electron chi connectivity index (χ4n) is 1.25. The van der Waals surface area contributed by atoms with Gasteiger partial charge in [0.2, 0.25) is 0 Å². The van der Waals surface area contributed by atoms with Crippen molar-refractivity contribution < 1.29 is 4.79 Å². The maximum atomic E-state index is 11.8. The summed E-state index contributed by atoms with van der Waals surface area (Å²) in [4.78, 5) is 11.8. The molecule has 0 fully saturated rings. The standard InChI is InChI=1S/C11H7BrN4O/c12-9-3-1-7(2-4-9)11(17)15-10-8(5-13)6-14-16-10/h1-4,6H,(H2,14,15,16,17). The van der Waals surface area contributed by atoms with Gasteiger partial charge in [0.1, 0.15) is 17.5 Å². The number of rotatable bonds is 2. The maximum absolute atomic E-state index is 11.8. The molecule has 1 aromatic heterocycles. The van der Waals surface area contributed by atoms with Crippen LogP contribution in [0.25, 0.3) is 0 Å². The molecule has 17 heavy (non-hydrogen) atoms. The summed E-state index contributed by atoms with van der Waals surface area (Å²) in [6.45, 7) is 0. The summed E-state index contributed by atoms with van der Waals surface area (Å²) in [6, 6.07) is 8.83. The lowest BCUT2D eigenvalue weighted by Gasteiger charge is -2.02. The average molecular weight is 291 g/mol. The number of hydrogen-bond donors (Lipinski definition) is 2. The van der Waals surface area contributed by atoms with Crippen LogP contribution in [0.2, 0.25) is 0 Å². The van der Waals surface area contributed by atoms with E-state index in [-0.39, 0.29) is 5.91 Å². The third-order valence-corrected chi connectivity index (χ3v) is 2.63. The number of carbonyl (C=O) groups excluding carboxylic acids is 1. The molecule has 0 bridgehead atoms. The smallest absolute Gasteiger partial charge is 0.256 e. The van der Waals surface area contributed by atoms with E-state index in [1.54, 1.807) is 24.3 Å². The number of benzene rings is 1. The highest BCUT2D eigenvalue weighted by atomic mass is 79.9. The number of nitrogens with one attached hydrogen (secondary N) is 2. The quantitative estimate of drug-likeness (QED) is 0.890. The van der Waals surface area contributed by atoms with E-state index in [1.807, 2.05) is 6.07 Å². The van der Waals surface area contributed by atoms with Crippen LogP contribution in [-0.4, -0.2) is 16.1 Å². The molecule has 0 aliphatic heterocycles. The highest BCUT2D eigenvalue weighted by Crippen LogP contribution is 2.13. The fraction of sp³-hybridized carbons (Fsp3) is 0. The van der Waals surface area contributed by atoms with Crippen LogP contribution < -0.4 is 5.32 Å². The first-order chi connectivity index (χ1) is 8.20. The molecule has 0 radical (unpaired) electrons. The summed E-state index contributed by atoms with van der Waals surface area (Å²) in [5, 5.41) is 17.6. The monoisotopic (exact) mass is 290 g/mol. The van der Waals surface area contributed by atoms with Gasteiger partial charge in [-0.15, -0.1) is 0 Å². The first-order valence-corrected chi connectivity index (χ1v) is 5.50. The van der Waals surface area contributed by atoms with E-state index >= 15 is 0 Å². The van der Waals surface area contributed by atoms with Crippen LogP contribution in [0.5, 0.6) is 0 Å². The van der Waals surface area contributed by atoms with Crippen molar-refractivity contribution >= 4 is 27.7 Å². The molecular formula is C11H7BrN4O. The fourth-order valence-corrected chi connectivity index (χ4v) is 1.52. The lowest BCUT2D eigenvalue weighted by atomic mass is 10.2. The number of amides is 1. The second kappa shape index (κ2) is 4.80. The summed E-state index contributed by atoms with van der Waals surface area (Å²) in [7, 11) is 0. The van der Waals surface area contributed by atoms with Crippen molar-refractivity contribution in [3.63, 3.8) is 0 Å². The highest BCUT2D eigenvalue weighted by Gasteiger charge is 2.10. The van der Waals surface area contributed by atoms with Crippen LogP contribution >= 0.6 is 15.9 Å². The van der Waals surface area contributed by atoms with Crippen LogP contribution in [0.1, 0.15) is 15.9 Å². The van der Waals surface area contributed by atoms with Crippen molar-refractivity contribution in [2.75, 3.05) is 5.32 Å². The van der Waals surface area contributed by atoms with Gasteiger partial charge in [0, 0.05) is 10.0 Å². The zero-order chi connectivity index (χ0) is 12.3. The Balaban J connectivity index is 2.18. The van der Waals surface area contributed by atoms with Gasteiger partial charge in [-0.1, -0.05) is 15.9 Å². The normalized spacial score (nSPS) is 9.65. The third kappa shape index (κ3) is 2.52. The number of carbonyl (C=O) groups is 1. The summed E-state index contributed by atoms with van der Waals surface area (Å²) in [5.41, 5.74) is 0.808. The minimum Gasteiger partial charge on any atom is -0.306 e. The Morgan fingerprint density at radius 3 is 2.76 bits per heavy atom. The molecule has 6 heteroatoms. The van der Waals surface area contributed by atoms with Crippen LogP contribution in [0.15, 0.2) is 34.9 Å². The Kier molecular flexibility index (Phi) is 3.21. The predicted octanol–water partition coefficient (Wildman–Crippen LogP) is 2.30. The maximum Gasteiger partial charge on any atom is 0.256 e. The Morgan fingerprint density at radius 1 is 1.41 bits per heavy atom. The third-order valence-electron chi connectivity index (χ3n) is 2.10. The number of anilines is 1. The number of nitriles is 1. The lowest BCUT2D eigenvalue weighted by molar-refractivity contribution is 0.102. The van der Waals surface area contributed by atoms with Gasteiger partial charge in [0.05, 0.1) is 6.20 Å². The zero-order valence-electron chi connectivity index (χ0n) is 8.57. The van der Waals surface area contributed by atoms with Gasteiger partial charge in [0.15, 0.2) is 0 Å². The molecule has 0 aliphatic rings. The molecule has 1 amide bonds. The number of nitrogens with zero attached hydrogens (tertiary/aromatic N) is 2. The minimum atomic E-state index is -0.293. The molecule has 0 saturated heterocycles. The molecule has 84 valence electrons. The first kappa shape index (κ1) is 11.4. The van der Waals surface area contributed by atoms with Crippen molar-refractivity contribution in [2.24, 2.45) is 0 Å². The van der Waals surface area contributed by atoms with Crippen molar-refractivity contribution in [1.82, 2.24) is 10.2 Å². The Bertz CT molecular complexity index is 582. The minimum absolute atomic E-state index is 0.293. The summed E-state index contributed by atoms with van der Waals surface area (Å²) in [6.07, 6.45) is 1.36. The largest absolute Gasteiger partial charge is 0.306 e. The van der Waals surface area contributed by atoms with Gasteiger partial charge in [-0.2, -0.15) is 10.4 Å². The van der Waals surface area contributed by atoms with Crippen molar-refractivity contribution in [3.8, 4) is 6.07 Å². The van der Waals surface area contributed by atoms with Crippen LogP contribution in [-0.2, 0) is 0 Å². The van der Waals surface area contributed by atoms with E-state index in [4.69, 9.17) is 5.26 Å². The van der Waals surface area contributed by atoms with Crippen LogP contribution in [0.4, 0.5) is 5.82 Å². The summed E-state index contributed by atoms with van der Waals surface area (Å²) >= 11 is 3.29. The lowest BCUT2D eigenvalue weighted by Crippen LogP contribution is -2.12. The van der Waals surface area contributed by atoms with Gasteiger partial charge < -0.3 is 5.32 Å². The Labute approximate surface area is 106 Å². The number of halogens is 1. The van der Waals surface area contributed by atoms with Crippen LogP contribution in [0, 0.1) is 11.3 Å². The van der Waals surface area contributed by atoms with Gasteiger partial charge in [-0.3, -0.25) is 9.89 Å². The number of aromatic nitrogens is 2. The molecule has 1 heterocycles. The van der Waals surface area contributed by atoms with E-state index in [0.717, 1.165) is 4.47 Å². The molecule has 0 unspecified atom stereocenters. The predicted molar refractivity (Wildman–Crippen MR) is 65.4 cm³/mol. The molecule has 5 nitrogen and oxygen atoms in total. The number of aromatic amines is 1. The number of hydrogen-bond acceptors (Lipinski definition) is 3. The average Bonchev–Trinajstić information content (AvgIpc) is 2.77. The van der Waals surface area contributed by atoms with Crippen molar-refractivity contribution in [1.29, 1.82) is 5.26 Å². The topological polar surface area (TPSA) is 81.6 Å². The van der Waals surface area contributed by atoms with Gasteiger partial charge in [0.25, 0.3) is 5.91 Å². The zero-order valence-corrected chi connectivity index (χ0v) is 10.2.